The second kappa shape index (κ2) is 13.1. The SMILES string of the molecule is CCc1cc(C(=O)NC2CCC(N3CCOCC3)CC2)ccc1Nc1ncc(C(F)(F)F)c(Oc2cccc3c2C(=O)CC3)n1. The van der Waals surface area contributed by atoms with Crippen LogP contribution in [0.5, 0.6) is 11.6 Å². The number of morpholine rings is 1. The molecule has 1 amide bonds. The summed E-state index contributed by atoms with van der Waals surface area (Å²) in [7, 11) is 0. The summed E-state index contributed by atoms with van der Waals surface area (Å²) in [5.74, 6) is -1.12. The molecular weight excluding hydrogens is 587 g/mol. The molecule has 0 spiro atoms. The predicted octanol–water partition coefficient (Wildman–Crippen LogP) is 6.10. The van der Waals surface area contributed by atoms with Crippen LogP contribution in [0.2, 0.25) is 0 Å². The van der Waals surface area contributed by atoms with Gasteiger partial charge in [0.25, 0.3) is 5.91 Å². The predicted molar refractivity (Wildman–Crippen MR) is 161 cm³/mol. The Morgan fingerprint density at radius 2 is 1.87 bits per heavy atom. The van der Waals surface area contributed by atoms with Gasteiger partial charge in [-0.2, -0.15) is 18.2 Å². The van der Waals surface area contributed by atoms with E-state index in [0.29, 0.717) is 36.3 Å². The number of aryl methyl sites for hydroxylation is 2. The number of fused-ring (bicyclic) bond motifs is 1. The highest BCUT2D eigenvalue weighted by atomic mass is 19.4. The maximum absolute atomic E-state index is 13.9. The molecule has 3 aliphatic rings. The molecule has 12 heteroatoms. The van der Waals surface area contributed by atoms with Crippen molar-refractivity contribution in [3.8, 4) is 11.6 Å². The van der Waals surface area contributed by atoms with Crippen molar-refractivity contribution < 1.29 is 32.2 Å². The van der Waals surface area contributed by atoms with Gasteiger partial charge in [-0.15, -0.1) is 0 Å². The van der Waals surface area contributed by atoms with Gasteiger partial charge in [0.2, 0.25) is 11.8 Å². The van der Waals surface area contributed by atoms with Crippen molar-refractivity contribution in [3.05, 3.63) is 70.4 Å². The van der Waals surface area contributed by atoms with E-state index >= 15 is 0 Å². The van der Waals surface area contributed by atoms with Crippen LogP contribution in [-0.2, 0) is 23.8 Å². The molecule has 1 saturated carbocycles. The lowest BCUT2D eigenvalue weighted by atomic mass is 9.89. The number of aromatic nitrogens is 2. The minimum atomic E-state index is -4.78. The molecule has 6 rings (SSSR count). The Labute approximate surface area is 259 Å². The molecule has 1 aromatic heterocycles. The molecular formula is C33H36F3N5O4. The number of rotatable bonds is 8. The number of amides is 1. The summed E-state index contributed by atoms with van der Waals surface area (Å²) in [6.45, 7) is 5.40. The van der Waals surface area contributed by atoms with Gasteiger partial charge in [0, 0.05) is 49.0 Å². The normalized spacial score (nSPS) is 20.5. The number of alkyl halides is 3. The maximum atomic E-state index is 13.9. The van der Waals surface area contributed by atoms with E-state index < -0.39 is 17.6 Å². The van der Waals surface area contributed by atoms with Crippen LogP contribution in [0.3, 0.4) is 0 Å². The van der Waals surface area contributed by atoms with Crippen LogP contribution in [-0.4, -0.2) is 64.9 Å². The zero-order valence-corrected chi connectivity index (χ0v) is 25.1. The fourth-order valence-corrected chi connectivity index (χ4v) is 6.43. The van der Waals surface area contributed by atoms with Crippen molar-refractivity contribution in [2.75, 3.05) is 31.6 Å². The number of benzene rings is 2. The Balaban J connectivity index is 1.15. The number of nitrogens with one attached hydrogen (secondary N) is 2. The van der Waals surface area contributed by atoms with E-state index in [2.05, 4.69) is 25.5 Å². The third-order valence-corrected chi connectivity index (χ3v) is 8.87. The van der Waals surface area contributed by atoms with Gasteiger partial charge in [0.05, 0.1) is 18.8 Å². The van der Waals surface area contributed by atoms with Crippen LogP contribution in [0.25, 0.3) is 0 Å². The summed E-state index contributed by atoms with van der Waals surface area (Å²) in [5.41, 5.74) is 1.70. The zero-order chi connectivity index (χ0) is 31.6. The number of ether oxygens (including phenoxy) is 2. The monoisotopic (exact) mass is 623 g/mol. The standard InChI is InChI=1S/C33H36F3N5O4/c1-2-20-18-22(30(43)38-23-8-10-24(11-9-23)41-14-16-44-17-15-41)6-12-26(20)39-32-37-19-25(33(34,35)36)31(40-32)45-28-5-3-4-21-7-13-27(42)29(21)28/h3-6,12,18-19,23-24H,2,7-11,13-17H2,1H3,(H,38,43)(H,37,39,40). The van der Waals surface area contributed by atoms with E-state index in [1.165, 1.54) is 6.07 Å². The summed E-state index contributed by atoms with van der Waals surface area (Å²) < 4.78 is 52.8. The zero-order valence-electron chi connectivity index (χ0n) is 25.1. The molecule has 0 radical (unpaired) electrons. The number of halogens is 3. The summed E-state index contributed by atoms with van der Waals surface area (Å²) in [6, 6.07) is 10.7. The number of Topliss-reactive ketones (excluding diaryl/α,β-unsaturated/α-hetero) is 1. The van der Waals surface area contributed by atoms with Crippen molar-refractivity contribution >= 4 is 23.3 Å². The number of nitrogens with zero attached hydrogens (tertiary/aromatic N) is 3. The smallest absolute Gasteiger partial charge is 0.423 e. The molecule has 2 heterocycles. The summed E-state index contributed by atoms with van der Waals surface area (Å²) >= 11 is 0. The number of ketones is 1. The van der Waals surface area contributed by atoms with Crippen molar-refractivity contribution in [2.45, 2.75) is 70.1 Å². The van der Waals surface area contributed by atoms with Crippen LogP contribution >= 0.6 is 0 Å². The van der Waals surface area contributed by atoms with Crippen molar-refractivity contribution in [3.63, 3.8) is 0 Å². The first kappa shape index (κ1) is 31.0. The van der Waals surface area contributed by atoms with Gasteiger partial charge in [-0.1, -0.05) is 19.1 Å². The fourth-order valence-electron chi connectivity index (χ4n) is 6.43. The second-order valence-corrected chi connectivity index (χ2v) is 11.7. The number of carbonyl (C=O) groups is 2. The van der Waals surface area contributed by atoms with Gasteiger partial charge in [0.15, 0.2) is 5.78 Å². The lowest BCUT2D eigenvalue weighted by molar-refractivity contribution is -0.139. The van der Waals surface area contributed by atoms with E-state index in [-0.39, 0.29) is 41.4 Å². The molecule has 3 aromatic rings. The molecule has 2 N–H and O–H groups in total. The van der Waals surface area contributed by atoms with Gasteiger partial charge in [-0.05, 0) is 73.9 Å². The molecule has 238 valence electrons. The van der Waals surface area contributed by atoms with Crippen molar-refractivity contribution in [1.29, 1.82) is 0 Å². The Kier molecular flexibility index (Phi) is 9.04. The Bertz CT molecular complexity index is 1570. The van der Waals surface area contributed by atoms with Crippen LogP contribution in [0.1, 0.15) is 76.4 Å². The quantitative estimate of drug-likeness (QED) is 0.311. The summed E-state index contributed by atoms with van der Waals surface area (Å²) in [4.78, 5) is 36.0. The highest BCUT2D eigenvalue weighted by Gasteiger charge is 2.37. The van der Waals surface area contributed by atoms with E-state index in [4.69, 9.17) is 9.47 Å². The van der Waals surface area contributed by atoms with E-state index in [1.807, 2.05) is 6.92 Å². The number of hydrogen-bond acceptors (Lipinski definition) is 8. The van der Waals surface area contributed by atoms with Gasteiger partial charge >= 0.3 is 6.18 Å². The third-order valence-electron chi connectivity index (χ3n) is 8.87. The first-order valence-electron chi connectivity index (χ1n) is 15.5. The molecule has 0 unspecified atom stereocenters. The largest absolute Gasteiger partial charge is 0.437 e. The third kappa shape index (κ3) is 6.96. The number of hydrogen-bond donors (Lipinski definition) is 2. The molecule has 0 atom stereocenters. The van der Waals surface area contributed by atoms with Crippen LogP contribution < -0.4 is 15.4 Å². The van der Waals surface area contributed by atoms with Gasteiger partial charge in [-0.25, -0.2) is 4.98 Å². The highest BCUT2D eigenvalue weighted by Crippen LogP contribution is 2.40. The number of carbonyl (C=O) groups excluding carboxylic acids is 2. The molecule has 45 heavy (non-hydrogen) atoms. The molecule has 2 aliphatic carbocycles. The van der Waals surface area contributed by atoms with Gasteiger partial charge in [-0.3, -0.25) is 14.5 Å². The Morgan fingerprint density at radius 1 is 1.09 bits per heavy atom. The number of anilines is 2. The maximum Gasteiger partial charge on any atom is 0.423 e. The first-order valence-corrected chi connectivity index (χ1v) is 15.5. The molecule has 9 nitrogen and oxygen atoms in total. The second-order valence-electron chi connectivity index (χ2n) is 11.7. The molecule has 1 aliphatic heterocycles. The average molecular weight is 624 g/mol. The van der Waals surface area contributed by atoms with E-state index in [9.17, 15) is 22.8 Å². The van der Waals surface area contributed by atoms with Crippen LogP contribution in [0, 0.1) is 0 Å². The highest BCUT2D eigenvalue weighted by molar-refractivity contribution is 6.03. The summed E-state index contributed by atoms with van der Waals surface area (Å²) in [5, 5.41) is 6.17. The van der Waals surface area contributed by atoms with Crippen LogP contribution in [0.15, 0.2) is 42.6 Å². The topological polar surface area (TPSA) is 106 Å². The molecule has 1 saturated heterocycles. The van der Waals surface area contributed by atoms with Crippen molar-refractivity contribution in [2.24, 2.45) is 0 Å². The first-order chi connectivity index (χ1) is 21.7. The molecule has 0 bridgehead atoms. The lowest BCUT2D eigenvalue weighted by Gasteiger charge is -2.38. The van der Waals surface area contributed by atoms with Crippen LogP contribution in [0.4, 0.5) is 24.8 Å². The lowest BCUT2D eigenvalue weighted by Crippen LogP contribution is -2.47. The van der Waals surface area contributed by atoms with Gasteiger partial charge in [0.1, 0.15) is 11.3 Å². The Morgan fingerprint density at radius 3 is 2.60 bits per heavy atom. The van der Waals surface area contributed by atoms with E-state index in [1.54, 1.807) is 30.3 Å². The molecule has 2 fully saturated rings. The minimum absolute atomic E-state index is 0.0318. The molecule has 2 aromatic carbocycles. The van der Waals surface area contributed by atoms with Gasteiger partial charge < -0.3 is 20.1 Å². The average Bonchev–Trinajstić information content (AvgIpc) is 3.43. The minimum Gasteiger partial charge on any atom is -0.437 e. The fraction of sp³-hybridized carbons (Fsp3) is 0.455. The van der Waals surface area contributed by atoms with Crippen molar-refractivity contribution in [1.82, 2.24) is 20.2 Å². The van der Waals surface area contributed by atoms with E-state index in [0.717, 1.165) is 63.1 Å². The summed E-state index contributed by atoms with van der Waals surface area (Å²) in [6.07, 6.45) is 1.15. The Hall–Kier alpha value is -4.03.